The zero-order chi connectivity index (χ0) is 24.7. The van der Waals surface area contributed by atoms with Crippen LogP contribution in [0.4, 0.5) is 0 Å². The molecule has 0 heterocycles. The molecule has 3 aromatic carbocycles. The van der Waals surface area contributed by atoms with Crippen molar-refractivity contribution in [2.45, 2.75) is 19.4 Å². The number of hydrogen-bond donors (Lipinski definition) is 3. The fourth-order valence-electron chi connectivity index (χ4n) is 3.06. The number of hydrazone groups is 1. The Kier molecular flexibility index (Phi) is 10.0. The summed E-state index contributed by atoms with van der Waals surface area (Å²) in [6.07, 6.45) is 1.86. The van der Waals surface area contributed by atoms with Gasteiger partial charge in [0, 0.05) is 13.1 Å². The second-order valence-electron chi connectivity index (χ2n) is 7.68. The van der Waals surface area contributed by atoms with Crippen molar-refractivity contribution in [3.63, 3.8) is 0 Å². The quantitative estimate of drug-likeness (QED) is 0.214. The van der Waals surface area contributed by atoms with Gasteiger partial charge in [0.15, 0.2) is 6.61 Å². The Hall–Kier alpha value is -4.46. The van der Waals surface area contributed by atoms with Gasteiger partial charge >= 0.3 is 0 Å². The number of ether oxygens (including phenoxy) is 1. The van der Waals surface area contributed by atoms with Gasteiger partial charge in [0.2, 0.25) is 11.8 Å². The van der Waals surface area contributed by atoms with Crippen LogP contribution in [-0.2, 0) is 27.3 Å². The number of carbonyl (C=O) groups is 3. The summed E-state index contributed by atoms with van der Waals surface area (Å²) in [6.45, 7) is 0.811. The van der Waals surface area contributed by atoms with Crippen LogP contribution in [0, 0.1) is 0 Å². The van der Waals surface area contributed by atoms with Crippen molar-refractivity contribution < 1.29 is 19.1 Å². The summed E-state index contributed by atoms with van der Waals surface area (Å²) in [5.74, 6) is -0.539. The molecule has 0 aliphatic rings. The number of rotatable bonds is 12. The Balaban J connectivity index is 1.31. The van der Waals surface area contributed by atoms with E-state index in [1.165, 1.54) is 6.21 Å². The predicted molar refractivity (Wildman–Crippen MR) is 134 cm³/mol. The maximum absolute atomic E-state index is 11.9. The summed E-state index contributed by atoms with van der Waals surface area (Å²) in [4.78, 5) is 35.7. The first-order valence-corrected chi connectivity index (χ1v) is 11.2. The van der Waals surface area contributed by atoms with Crippen molar-refractivity contribution in [3.8, 4) is 5.75 Å². The third kappa shape index (κ3) is 9.91. The van der Waals surface area contributed by atoms with E-state index in [4.69, 9.17) is 4.74 Å². The Morgan fingerprint density at radius 2 is 1.40 bits per heavy atom. The summed E-state index contributed by atoms with van der Waals surface area (Å²) < 4.78 is 5.49. The molecule has 0 aromatic heterocycles. The second-order valence-corrected chi connectivity index (χ2v) is 7.68. The van der Waals surface area contributed by atoms with Gasteiger partial charge in [0.25, 0.3) is 5.91 Å². The Morgan fingerprint density at radius 3 is 2.09 bits per heavy atom. The fraction of sp³-hybridized carbons (Fsp3) is 0.185. The van der Waals surface area contributed by atoms with E-state index in [-0.39, 0.29) is 24.8 Å². The van der Waals surface area contributed by atoms with Gasteiger partial charge in [-0.2, -0.15) is 5.10 Å². The van der Waals surface area contributed by atoms with Crippen molar-refractivity contribution in [3.05, 3.63) is 102 Å². The topological polar surface area (TPSA) is 109 Å². The fourth-order valence-corrected chi connectivity index (χ4v) is 3.06. The van der Waals surface area contributed by atoms with Crippen LogP contribution in [-0.4, -0.2) is 37.1 Å². The van der Waals surface area contributed by atoms with E-state index in [0.717, 1.165) is 16.7 Å². The van der Waals surface area contributed by atoms with Crippen molar-refractivity contribution in [2.24, 2.45) is 5.10 Å². The molecular weight excluding hydrogens is 444 g/mol. The minimum atomic E-state index is -0.500. The van der Waals surface area contributed by atoms with Crippen LogP contribution in [0.2, 0.25) is 0 Å². The zero-order valence-corrected chi connectivity index (χ0v) is 19.3. The molecule has 180 valence electrons. The highest BCUT2D eigenvalue weighted by Gasteiger charge is 2.08. The van der Waals surface area contributed by atoms with E-state index in [9.17, 15) is 14.4 Å². The van der Waals surface area contributed by atoms with Gasteiger partial charge in [0.1, 0.15) is 12.2 Å². The standard InChI is InChI=1S/C27H28N4O4/c32-25(28-16-15-21-7-3-1-4-8-21)17-26(33)31-30-19-23-11-13-24(14-12-23)35-20-27(34)29-18-22-9-5-2-6-10-22/h1-14,19H,15-18,20H2,(H,28,32)(H,29,34)(H,31,33)/b30-19+. The lowest BCUT2D eigenvalue weighted by atomic mass is 10.1. The Morgan fingerprint density at radius 1 is 0.743 bits per heavy atom. The number of nitrogens with one attached hydrogen (secondary N) is 3. The summed E-state index contributed by atoms with van der Waals surface area (Å²) in [5.41, 5.74) is 5.19. The number of benzene rings is 3. The largest absolute Gasteiger partial charge is 0.484 e. The zero-order valence-electron chi connectivity index (χ0n) is 19.3. The number of amides is 3. The van der Waals surface area contributed by atoms with E-state index in [1.54, 1.807) is 24.3 Å². The van der Waals surface area contributed by atoms with Crippen LogP contribution < -0.4 is 20.8 Å². The van der Waals surface area contributed by atoms with Crippen LogP contribution in [0.25, 0.3) is 0 Å². The first-order chi connectivity index (χ1) is 17.1. The highest BCUT2D eigenvalue weighted by atomic mass is 16.5. The molecule has 0 saturated heterocycles. The van der Waals surface area contributed by atoms with Crippen LogP contribution in [0.1, 0.15) is 23.1 Å². The number of hydrogen-bond acceptors (Lipinski definition) is 5. The van der Waals surface area contributed by atoms with E-state index in [0.29, 0.717) is 25.3 Å². The molecule has 0 spiro atoms. The minimum absolute atomic E-state index is 0.0935. The van der Waals surface area contributed by atoms with Crippen LogP contribution >= 0.6 is 0 Å². The lowest BCUT2D eigenvalue weighted by molar-refractivity contribution is -0.129. The maximum Gasteiger partial charge on any atom is 0.258 e. The van der Waals surface area contributed by atoms with Gasteiger partial charge < -0.3 is 15.4 Å². The van der Waals surface area contributed by atoms with Crippen molar-refractivity contribution in [1.29, 1.82) is 0 Å². The van der Waals surface area contributed by atoms with E-state index >= 15 is 0 Å². The molecule has 3 rings (SSSR count). The molecule has 8 heteroatoms. The van der Waals surface area contributed by atoms with Crippen LogP contribution in [0.15, 0.2) is 90.0 Å². The molecule has 0 atom stereocenters. The molecule has 0 bridgehead atoms. The van der Waals surface area contributed by atoms with Gasteiger partial charge in [-0.15, -0.1) is 0 Å². The number of nitrogens with zero attached hydrogens (tertiary/aromatic N) is 1. The van der Waals surface area contributed by atoms with Gasteiger partial charge in [0.05, 0.1) is 6.21 Å². The number of carbonyl (C=O) groups excluding carboxylic acids is 3. The average molecular weight is 473 g/mol. The van der Waals surface area contributed by atoms with Crippen LogP contribution in [0.3, 0.4) is 0 Å². The second kappa shape index (κ2) is 13.9. The smallest absolute Gasteiger partial charge is 0.258 e. The lowest BCUT2D eigenvalue weighted by Crippen LogP contribution is -2.31. The monoisotopic (exact) mass is 472 g/mol. The Labute approximate surface area is 204 Å². The minimum Gasteiger partial charge on any atom is -0.484 e. The van der Waals surface area contributed by atoms with E-state index < -0.39 is 5.91 Å². The third-order valence-electron chi connectivity index (χ3n) is 4.89. The molecule has 8 nitrogen and oxygen atoms in total. The van der Waals surface area contributed by atoms with Gasteiger partial charge in [-0.05, 0) is 47.4 Å². The summed E-state index contributed by atoms with van der Waals surface area (Å²) >= 11 is 0. The Bertz CT molecular complexity index is 1120. The molecular formula is C27H28N4O4. The summed E-state index contributed by atoms with van der Waals surface area (Å²) in [7, 11) is 0. The molecule has 0 aliphatic carbocycles. The molecule has 3 aromatic rings. The van der Waals surface area contributed by atoms with Crippen molar-refractivity contribution in [2.75, 3.05) is 13.2 Å². The SMILES string of the molecule is O=C(COc1ccc(/C=N/NC(=O)CC(=O)NCCc2ccccc2)cc1)NCc1ccccc1. The van der Waals surface area contributed by atoms with Gasteiger partial charge in [-0.3, -0.25) is 14.4 Å². The predicted octanol–water partition coefficient (Wildman–Crippen LogP) is 2.58. The maximum atomic E-state index is 11.9. The normalized spacial score (nSPS) is 10.5. The molecule has 3 N–H and O–H groups in total. The van der Waals surface area contributed by atoms with E-state index in [1.807, 2.05) is 60.7 Å². The third-order valence-corrected chi connectivity index (χ3v) is 4.89. The first-order valence-electron chi connectivity index (χ1n) is 11.2. The van der Waals surface area contributed by atoms with E-state index in [2.05, 4.69) is 21.2 Å². The molecule has 0 unspecified atom stereocenters. The molecule has 0 saturated carbocycles. The first kappa shape index (κ1) is 25.2. The molecule has 3 amide bonds. The van der Waals surface area contributed by atoms with Crippen molar-refractivity contribution in [1.82, 2.24) is 16.1 Å². The molecule has 0 radical (unpaired) electrons. The highest BCUT2D eigenvalue weighted by Crippen LogP contribution is 2.11. The summed E-state index contributed by atoms with van der Waals surface area (Å²) in [5, 5.41) is 9.39. The molecule has 0 aliphatic heterocycles. The highest BCUT2D eigenvalue weighted by molar-refractivity contribution is 5.97. The lowest BCUT2D eigenvalue weighted by Gasteiger charge is -2.08. The van der Waals surface area contributed by atoms with Crippen LogP contribution in [0.5, 0.6) is 5.75 Å². The molecule has 0 fully saturated rings. The average Bonchev–Trinajstić information content (AvgIpc) is 2.88. The van der Waals surface area contributed by atoms with Gasteiger partial charge in [-0.1, -0.05) is 60.7 Å². The summed E-state index contributed by atoms with van der Waals surface area (Å²) in [6, 6.07) is 26.3. The van der Waals surface area contributed by atoms with Crippen molar-refractivity contribution >= 4 is 23.9 Å². The molecule has 35 heavy (non-hydrogen) atoms. The van der Waals surface area contributed by atoms with Gasteiger partial charge in [-0.25, -0.2) is 5.43 Å².